The van der Waals surface area contributed by atoms with Gasteiger partial charge in [-0.3, -0.25) is 9.48 Å². The van der Waals surface area contributed by atoms with Crippen molar-refractivity contribution in [3.63, 3.8) is 0 Å². The maximum Gasteiger partial charge on any atom is 0.275 e. The van der Waals surface area contributed by atoms with Gasteiger partial charge in [-0.05, 0) is 38.0 Å². The number of halogens is 1. The number of hydrogen-bond donors (Lipinski definition) is 1. The van der Waals surface area contributed by atoms with Crippen molar-refractivity contribution < 1.29 is 4.79 Å². The third kappa shape index (κ3) is 2.85. The molecule has 0 aliphatic rings. The highest BCUT2D eigenvalue weighted by Gasteiger charge is 2.19. The summed E-state index contributed by atoms with van der Waals surface area (Å²) >= 11 is 6.16. The van der Waals surface area contributed by atoms with Gasteiger partial charge in [-0.1, -0.05) is 30.7 Å². The second-order valence-corrected chi connectivity index (χ2v) is 4.95. The lowest BCUT2D eigenvalue weighted by atomic mass is 10.1. The minimum Gasteiger partial charge on any atom is -0.321 e. The number of carbonyl (C=O) groups excluding carboxylic acids is 1. The zero-order valence-corrected chi connectivity index (χ0v) is 12.7. The number of amides is 1. The Kier molecular flexibility index (Phi) is 4.45. The van der Waals surface area contributed by atoms with Crippen LogP contribution in [0.5, 0.6) is 0 Å². The Labute approximate surface area is 123 Å². The van der Waals surface area contributed by atoms with Crippen LogP contribution in [0.4, 0.5) is 5.69 Å². The average Bonchev–Trinajstić information content (AvgIpc) is 2.75. The summed E-state index contributed by atoms with van der Waals surface area (Å²) in [5, 5.41) is 7.51. The van der Waals surface area contributed by atoms with Crippen LogP contribution in [0.2, 0.25) is 5.02 Å². The van der Waals surface area contributed by atoms with E-state index in [-0.39, 0.29) is 5.91 Å². The van der Waals surface area contributed by atoms with Crippen LogP contribution < -0.4 is 5.32 Å². The van der Waals surface area contributed by atoms with Crippen LogP contribution in [0.1, 0.15) is 35.6 Å². The Morgan fingerprint density at radius 3 is 2.50 bits per heavy atom. The molecule has 1 aromatic carbocycles. The molecule has 0 unspecified atom stereocenters. The molecular weight excluding hydrogens is 274 g/mol. The van der Waals surface area contributed by atoms with E-state index in [0.717, 1.165) is 12.1 Å². The molecule has 106 valence electrons. The Morgan fingerprint density at radius 1 is 1.30 bits per heavy atom. The van der Waals surface area contributed by atoms with Gasteiger partial charge in [-0.15, -0.1) is 0 Å². The number of nitrogens with one attached hydrogen (secondary N) is 1. The second-order valence-electron chi connectivity index (χ2n) is 4.57. The van der Waals surface area contributed by atoms with Crippen molar-refractivity contribution in [2.45, 2.75) is 33.7 Å². The molecule has 1 N–H and O–H groups in total. The summed E-state index contributed by atoms with van der Waals surface area (Å²) in [5.74, 6) is -0.235. The van der Waals surface area contributed by atoms with Gasteiger partial charge in [0, 0.05) is 12.2 Å². The summed E-state index contributed by atoms with van der Waals surface area (Å²) in [7, 11) is 0. The summed E-state index contributed by atoms with van der Waals surface area (Å²) in [6.07, 6.45) is 0.974. The molecule has 1 aromatic heterocycles. The van der Waals surface area contributed by atoms with E-state index in [2.05, 4.69) is 17.3 Å². The zero-order chi connectivity index (χ0) is 14.7. The zero-order valence-electron chi connectivity index (χ0n) is 11.9. The maximum atomic E-state index is 12.3. The molecule has 0 atom stereocenters. The number of carbonyl (C=O) groups is 1. The van der Waals surface area contributed by atoms with Crippen LogP contribution in [-0.4, -0.2) is 15.7 Å². The molecule has 0 radical (unpaired) electrons. The van der Waals surface area contributed by atoms with Gasteiger partial charge in [-0.2, -0.15) is 5.10 Å². The number of anilines is 1. The van der Waals surface area contributed by atoms with Gasteiger partial charge in [0.15, 0.2) is 0 Å². The Morgan fingerprint density at radius 2 is 1.95 bits per heavy atom. The van der Waals surface area contributed by atoms with Crippen LogP contribution in [0.3, 0.4) is 0 Å². The van der Waals surface area contributed by atoms with Gasteiger partial charge < -0.3 is 5.32 Å². The SMILES string of the molecule is CCc1ccc(NC(=O)c2c(Cl)c(C)nn2CC)cc1. The molecule has 0 aliphatic heterocycles. The fourth-order valence-electron chi connectivity index (χ4n) is 2.02. The van der Waals surface area contributed by atoms with E-state index in [1.807, 2.05) is 31.2 Å². The third-order valence-corrected chi connectivity index (χ3v) is 3.64. The van der Waals surface area contributed by atoms with Crippen molar-refractivity contribution in [3.05, 3.63) is 46.2 Å². The van der Waals surface area contributed by atoms with Crippen molar-refractivity contribution in [3.8, 4) is 0 Å². The number of nitrogens with zero attached hydrogens (tertiary/aromatic N) is 2. The molecule has 20 heavy (non-hydrogen) atoms. The number of benzene rings is 1. The van der Waals surface area contributed by atoms with Gasteiger partial charge >= 0.3 is 0 Å². The first kappa shape index (κ1) is 14.6. The highest BCUT2D eigenvalue weighted by atomic mass is 35.5. The van der Waals surface area contributed by atoms with E-state index in [1.165, 1.54) is 5.56 Å². The first-order chi connectivity index (χ1) is 9.56. The number of hydrogen-bond acceptors (Lipinski definition) is 2. The topological polar surface area (TPSA) is 46.9 Å². The highest BCUT2D eigenvalue weighted by Crippen LogP contribution is 2.21. The number of rotatable bonds is 4. The van der Waals surface area contributed by atoms with Gasteiger partial charge in [0.2, 0.25) is 0 Å². The van der Waals surface area contributed by atoms with Crippen LogP contribution in [0.15, 0.2) is 24.3 Å². The highest BCUT2D eigenvalue weighted by molar-refractivity contribution is 6.34. The van der Waals surface area contributed by atoms with Crippen LogP contribution in [0, 0.1) is 6.92 Å². The summed E-state index contributed by atoms with van der Waals surface area (Å²) in [6.45, 7) is 6.41. The summed E-state index contributed by atoms with van der Waals surface area (Å²) < 4.78 is 1.62. The van der Waals surface area contributed by atoms with Crippen molar-refractivity contribution in [1.29, 1.82) is 0 Å². The monoisotopic (exact) mass is 291 g/mol. The van der Waals surface area contributed by atoms with Gasteiger partial charge in [0.25, 0.3) is 5.91 Å². The lowest BCUT2D eigenvalue weighted by Gasteiger charge is -2.08. The lowest BCUT2D eigenvalue weighted by molar-refractivity contribution is 0.101. The summed E-state index contributed by atoms with van der Waals surface area (Å²) in [5.41, 5.74) is 3.06. The minimum absolute atomic E-state index is 0.235. The molecular formula is C15H18ClN3O. The van der Waals surface area contributed by atoms with Crippen molar-refractivity contribution >= 4 is 23.2 Å². The normalized spacial score (nSPS) is 10.6. The van der Waals surface area contributed by atoms with Gasteiger partial charge in [0.05, 0.1) is 10.7 Å². The largest absolute Gasteiger partial charge is 0.321 e. The molecule has 0 bridgehead atoms. The number of aromatic nitrogens is 2. The van der Waals surface area contributed by atoms with Crippen LogP contribution in [0.25, 0.3) is 0 Å². The lowest BCUT2D eigenvalue weighted by Crippen LogP contribution is -2.17. The van der Waals surface area contributed by atoms with E-state index in [1.54, 1.807) is 11.6 Å². The molecule has 4 nitrogen and oxygen atoms in total. The quantitative estimate of drug-likeness (QED) is 0.934. The molecule has 0 spiro atoms. The summed E-state index contributed by atoms with van der Waals surface area (Å²) in [6, 6.07) is 7.79. The molecule has 5 heteroatoms. The van der Waals surface area contributed by atoms with Gasteiger partial charge in [0.1, 0.15) is 5.69 Å². The standard InChI is InChI=1S/C15H18ClN3O/c1-4-11-6-8-12(9-7-11)17-15(20)14-13(16)10(3)18-19(14)5-2/h6-9H,4-5H2,1-3H3,(H,17,20). The first-order valence-corrected chi connectivity index (χ1v) is 7.07. The number of aryl methyl sites for hydroxylation is 3. The molecule has 0 saturated heterocycles. The fraction of sp³-hybridized carbons (Fsp3) is 0.333. The van der Waals surface area contributed by atoms with Crippen molar-refractivity contribution in [2.24, 2.45) is 0 Å². The van der Waals surface area contributed by atoms with Crippen molar-refractivity contribution in [2.75, 3.05) is 5.32 Å². The molecule has 0 aliphatic carbocycles. The Bertz CT molecular complexity index is 617. The third-order valence-electron chi connectivity index (χ3n) is 3.19. The Hall–Kier alpha value is -1.81. The van der Waals surface area contributed by atoms with E-state index in [0.29, 0.717) is 23.0 Å². The van der Waals surface area contributed by atoms with Crippen LogP contribution >= 0.6 is 11.6 Å². The average molecular weight is 292 g/mol. The van der Waals surface area contributed by atoms with E-state index in [9.17, 15) is 4.79 Å². The molecule has 1 amide bonds. The van der Waals surface area contributed by atoms with Gasteiger partial charge in [-0.25, -0.2) is 0 Å². The van der Waals surface area contributed by atoms with E-state index < -0.39 is 0 Å². The predicted molar refractivity (Wildman–Crippen MR) is 81.4 cm³/mol. The smallest absolute Gasteiger partial charge is 0.275 e. The molecule has 1 heterocycles. The molecule has 0 fully saturated rings. The minimum atomic E-state index is -0.235. The fourth-order valence-corrected chi connectivity index (χ4v) is 2.24. The Balaban J connectivity index is 2.23. The van der Waals surface area contributed by atoms with E-state index >= 15 is 0 Å². The second kappa shape index (κ2) is 6.09. The predicted octanol–water partition coefficient (Wildman–Crippen LogP) is 3.68. The summed E-state index contributed by atoms with van der Waals surface area (Å²) in [4.78, 5) is 12.3. The molecule has 2 aromatic rings. The maximum absolute atomic E-state index is 12.3. The van der Waals surface area contributed by atoms with Crippen molar-refractivity contribution in [1.82, 2.24) is 9.78 Å². The molecule has 0 saturated carbocycles. The molecule has 2 rings (SSSR count). The van der Waals surface area contributed by atoms with E-state index in [4.69, 9.17) is 11.6 Å². The van der Waals surface area contributed by atoms with Crippen LogP contribution in [-0.2, 0) is 13.0 Å². The first-order valence-electron chi connectivity index (χ1n) is 6.70.